The minimum absolute atomic E-state index is 0.159. The van der Waals surface area contributed by atoms with Gasteiger partial charge in [0.25, 0.3) is 5.91 Å². The molecule has 1 amide bonds. The first-order chi connectivity index (χ1) is 10.0. The van der Waals surface area contributed by atoms with E-state index in [9.17, 15) is 4.79 Å². The first kappa shape index (κ1) is 13.2. The number of nitrogens with zero attached hydrogens (tertiary/aromatic N) is 2. The van der Waals surface area contributed by atoms with Crippen LogP contribution in [0.25, 0.3) is 10.9 Å². The van der Waals surface area contributed by atoms with Crippen LogP contribution in [-0.2, 0) is 0 Å². The van der Waals surface area contributed by atoms with Gasteiger partial charge in [-0.3, -0.25) is 9.89 Å². The number of nitrogen functional groups attached to an aromatic ring is 1. The number of aryl methyl sites for hydroxylation is 1. The van der Waals surface area contributed by atoms with Crippen LogP contribution in [0.4, 0.5) is 5.95 Å². The van der Waals surface area contributed by atoms with Crippen molar-refractivity contribution in [3.05, 3.63) is 41.3 Å². The summed E-state index contributed by atoms with van der Waals surface area (Å²) in [7, 11) is 0. The SMILES string of the molecule is Cc1ccc2[nH]c(C(=O)NC(C)c3nc(N)n[nH]3)cc2c1. The Hall–Kier alpha value is -2.83. The minimum atomic E-state index is -0.310. The summed E-state index contributed by atoms with van der Waals surface area (Å²) in [5, 5.41) is 10.3. The fourth-order valence-corrected chi connectivity index (χ4v) is 2.20. The monoisotopic (exact) mass is 284 g/mol. The smallest absolute Gasteiger partial charge is 0.268 e. The molecular weight excluding hydrogens is 268 g/mol. The third-order valence-electron chi connectivity index (χ3n) is 3.30. The van der Waals surface area contributed by atoms with Gasteiger partial charge in [0.2, 0.25) is 5.95 Å². The first-order valence-corrected chi connectivity index (χ1v) is 6.61. The van der Waals surface area contributed by atoms with Gasteiger partial charge in [-0.05, 0) is 32.0 Å². The van der Waals surface area contributed by atoms with Crippen LogP contribution in [0.2, 0.25) is 0 Å². The molecule has 0 saturated heterocycles. The highest BCUT2D eigenvalue weighted by Crippen LogP contribution is 2.17. The maximum absolute atomic E-state index is 12.3. The van der Waals surface area contributed by atoms with Crippen molar-refractivity contribution in [2.24, 2.45) is 0 Å². The third-order valence-corrected chi connectivity index (χ3v) is 3.30. The van der Waals surface area contributed by atoms with E-state index in [1.807, 2.05) is 38.1 Å². The number of carbonyl (C=O) groups excluding carboxylic acids is 1. The predicted octanol–water partition coefficient (Wildman–Crippen LogP) is 1.67. The number of fused-ring (bicyclic) bond motifs is 1. The van der Waals surface area contributed by atoms with Gasteiger partial charge in [0, 0.05) is 10.9 Å². The zero-order chi connectivity index (χ0) is 15.0. The van der Waals surface area contributed by atoms with Gasteiger partial charge in [0.15, 0.2) is 0 Å². The molecule has 1 atom stereocenters. The van der Waals surface area contributed by atoms with Crippen molar-refractivity contribution in [1.82, 2.24) is 25.5 Å². The van der Waals surface area contributed by atoms with Crippen LogP contribution in [-0.4, -0.2) is 26.1 Å². The Balaban J connectivity index is 1.80. The number of hydrogen-bond donors (Lipinski definition) is 4. The topological polar surface area (TPSA) is 112 Å². The normalized spacial score (nSPS) is 12.5. The van der Waals surface area contributed by atoms with Gasteiger partial charge in [-0.2, -0.15) is 4.98 Å². The second kappa shape index (κ2) is 4.93. The molecule has 7 heteroatoms. The van der Waals surface area contributed by atoms with Gasteiger partial charge in [0.05, 0.1) is 6.04 Å². The van der Waals surface area contributed by atoms with Gasteiger partial charge in [-0.1, -0.05) is 11.6 Å². The molecular formula is C14H16N6O. The molecule has 2 heterocycles. The molecule has 1 unspecified atom stereocenters. The van der Waals surface area contributed by atoms with Crippen molar-refractivity contribution in [2.75, 3.05) is 5.73 Å². The molecule has 0 aliphatic heterocycles. The highest BCUT2D eigenvalue weighted by Gasteiger charge is 2.16. The summed E-state index contributed by atoms with van der Waals surface area (Å²) in [5.41, 5.74) is 8.04. The fourth-order valence-electron chi connectivity index (χ4n) is 2.20. The van der Waals surface area contributed by atoms with Crippen LogP contribution in [0.1, 0.15) is 34.8 Å². The van der Waals surface area contributed by atoms with E-state index in [0.717, 1.165) is 16.5 Å². The van der Waals surface area contributed by atoms with Gasteiger partial charge >= 0.3 is 0 Å². The Morgan fingerprint density at radius 1 is 1.38 bits per heavy atom. The average Bonchev–Trinajstić information content (AvgIpc) is 3.04. The van der Waals surface area contributed by atoms with Crippen molar-refractivity contribution < 1.29 is 4.79 Å². The molecule has 3 aromatic rings. The number of anilines is 1. The largest absolute Gasteiger partial charge is 0.367 e. The van der Waals surface area contributed by atoms with E-state index in [4.69, 9.17) is 5.73 Å². The highest BCUT2D eigenvalue weighted by molar-refractivity contribution is 5.98. The summed E-state index contributed by atoms with van der Waals surface area (Å²) in [6.45, 7) is 3.83. The Bertz CT molecular complexity index is 803. The van der Waals surface area contributed by atoms with E-state index < -0.39 is 0 Å². The van der Waals surface area contributed by atoms with Gasteiger partial charge in [-0.15, -0.1) is 5.10 Å². The predicted molar refractivity (Wildman–Crippen MR) is 79.7 cm³/mol. The number of amides is 1. The molecule has 2 aromatic heterocycles. The number of H-pyrrole nitrogens is 2. The maximum Gasteiger partial charge on any atom is 0.268 e. The molecule has 108 valence electrons. The lowest BCUT2D eigenvalue weighted by Gasteiger charge is -2.09. The van der Waals surface area contributed by atoms with Crippen LogP contribution in [0.5, 0.6) is 0 Å². The molecule has 0 aliphatic rings. The van der Waals surface area contributed by atoms with Crippen molar-refractivity contribution in [3.8, 4) is 0 Å². The zero-order valence-electron chi connectivity index (χ0n) is 11.8. The lowest BCUT2D eigenvalue weighted by Crippen LogP contribution is -2.27. The molecule has 0 fully saturated rings. The molecule has 0 bridgehead atoms. The molecule has 1 aromatic carbocycles. The second-order valence-corrected chi connectivity index (χ2v) is 5.05. The van der Waals surface area contributed by atoms with Gasteiger partial charge in [0.1, 0.15) is 11.5 Å². The summed E-state index contributed by atoms with van der Waals surface area (Å²) >= 11 is 0. The lowest BCUT2D eigenvalue weighted by molar-refractivity contribution is 0.0934. The molecule has 0 aliphatic carbocycles. The minimum Gasteiger partial charge on any atom is -0.367 e. The molecule has 0 radical (unpaired) electrons. The van der Waals surface area contributed by atoms with E-state index in [1.54, 1.807) is 0 Å². The van der Waals surface area contributed by atoms with E-state index in [0.29, 0.717) is 11.5 Å². The maximum atomic E-state index is 12.3. The van der Waals surface area contributed by atoms with E-state index >= 15 is 0 Å². The first-order valence-electron chi connectivity index (χ1n) is 6.61. The zero-order valence-corrected chi connectivity index (χ0v) is 11.8. The molecule has 7 nitrogen and oxygen atoms in total. The molecule has 5 N–H and O–H groups in total. The standard InChI is InChI=1S/C14H16N6O/c1-7-3-4-10-9(5-7)6-11(17-10)13(21)16-8(2)12-18-14(15)20-19-12/h3-6,8,17H,1-2H3,(H,16,21)(H3,15,18,19,20). The summed E-state index contributed by atoms with van der Waals surface area (Å²) in [5.74, 6) is 0.478. The lowest BCUT2D eigenvalue weighted by atomic mass is 10.2. The number of aromatic nitrogens is 4. The summed E-state index contributed by atoms with van der Waals surface area (Å²) < 4.78 is 0. The van der Waals surface area contributed by atoms with Crippen LogP contribution in [0.3, 0.4) is 0 Å². The number of benzene rings is 1. The fraction of sp³-hybridized carbons (Fsp3) is 0.214. The summed E-state index contributed by atoms with van der Waals surface area (Å²) in [6, 6.07) is 7.51. The van der Waals surface area contributed by atoms with Gasteiger partial charge < -0.3 is 16.0 Å². The Kier molecular flexibility index (Phi) is 3.09. The van der Waals surface area contributed by atoms with E-state index in [-0.39, 0.29) is 17.9 Å². The Morgan fingerprint density at radius 2 is 2.19 bits per heavy atom. The average molecular weight is 284 g/mol. The quantitative estimate of drug-likeness (QED) is 0.586. The number of carbonyl (C=O) groups is 1. The third kappa shape index (κ3) is 2.58. The summed E-state index contributed by atoms with van der Waals surface area (Å²) in [6.07, 6.45) is 0. The molecule has 0 spiro atoms. The van der Waals surface area contributed by atoms with Crippen LogP contribution in [0.15, 0.2) is 24.3 Å². The van der Waals surface area contributed by atoms with E-state index in [2.05, 4.69) is 25.5 Å². The Morgan fingerprint density at radius 3 is 2.90 bits per heavy atom. The number of aromatic amines is 2. The highest BCUT2D eigenvalue weighted by atomic mass is 16.1. The summed E-state index contributed by atoms with van der Waals surface area (Å²) in [4.78, 5) is 19.4. The van der Waals surface area contributed by atoms with Crippen molar-refractivity contribution in [1.29, 1.82) is 0 Å². The van der Waals surface area contributed by atoms with Crippen LogP contribution < -0.4 is 11.1 Å². The van der Waals surface area contributed by atoms with Gasteiger partial charge in [-0.25, -0.2) is 0 Å². The number of nitrogens with two attached hydrogens (primary N) is 1. The number of hydrogen-bond acceptors (Lipinski definition) is 4. The van der Waals surface area contributed by atoms with Crippen molar-refractivity contribution in [2.45, 2.75) is 19.9 Å². The van der Waals surface area contributed by atoms with E-state index in [1.165, 1.54) is 0 Å². The van der Waals surface area contributed by atoms with Crippen LogP contribution in [0, 0.1) is 6.92 Å². The number of nitrogens with one attached hydrogen (secondary N) is 3. The number of rotatable bonds is 3. The second-order valence-electron chi connectivity index (χ2n) is 5.05. The van der Waals surface area contributed by atoms with Crippen molar-refractivity contribution in [3.63, 3.8) is 0 Å². The van der Waals surface area contributed by atoms with Crippen LogP contribution >= 0.6 is 0 Å². The Labute approximate surface area is 121 Å². The van der Waals surface area contributed by atoms with Crippen molar-refractivity contribution >= 4 is 22.8 Å². The molecule has 21 heavy (non-hydrogen) atoms. The molecule has 0 saturated carbocycles. The molecule has 3 rings (SSSR count).